The molecule has 0 bridgehead atoms. The molecular weight excluding hydrogens is 811 g/mol. The number of benzene rings is 10. The van der Waals surface area contributed by atoms with Gasteiger partial charge in [0.1, 0.15) is 0 Å². The molecule has 2 heterocycles. The van der Waals surface area contributed by atoms with E-state index < -0.39 is 5.41 Å². The third-order valence-corrected chi connectivity index (χ3v) is 15.2. The van der Waals surface area contributed by atoms with Crippen LogP contribution in [0.25, 0.3) is 73.7 Å². The third kappa shape index (κ3) is 5.55. The van der Waals surface area contributed by atoms with Gasteiger partial charge in [-0.15, -0.1) is 22.7 Å². The maximum atomic E-state index is 10.4. The minimum atomic E-state index is -0.726. The average molecular weight is 856 g/mol. The van der Waals surface area contributed by atoms with Crippen LogP contribution in [0.4, 0.5) is 17.1 Å². The van der Waals surface area contributed by atoms with Gasteiger partial charge in [-0.05, 0) is 92.5 Å². The molecule has 0 unspecified atom stereocenters. The molecule has 300 valence electrons. The van der Waals surface area contributed by atoms with Crippen molar-refractivity contribution < 1.29 is 8.22 Å². The Morgan fingerprint density at radius 3 is 1.84 bits per heavy atom. The zero-order valence-corrected chi connectivity index (χ0v) is 35.9. The second kappa shape index (κ2) is 14.8. The van der Waals surface area contributed by atoms with E-state index in [1.54, 1.807) is 11.3 Å². The molecule has 3 heteroatoms. The summed E-state index contributed by atoms with van der Waals surface area (Å²) in [4.78, 5) is 2.09. The highest BCUT2D eigenvalue weighted by atomic mass is 32.1. The number of hydrogen-bond acceptors (Lipinski definition) is 3. The average Bonchev–Trinajstić information content (AvgIpc) is 4.09. The fraction of sp³-hybridized carbons (Fsp3) is 0.0164. The first-order valence-electron chi connectivity index (χ1n) is 24.4. The molecule has 13 rings (SSSR count). The van der Waals surface area contributed by atoms with Crippen molar-refractivity contribution in [1.29, 1.82) is 0 Å². The third-order valence-electron chi connectivity index (χ3n) is 12.9. The summed E-state index contributed by atoms with van der Waals surface area (Å²) in [6, 6.07) is 68.2. The molecule has 0 amide bonds. The van der Waals surface area contributed by atoms with E-state index in [0.717, 1.165) is 81.6 Å². The Labute approximate surface area is 388 Å². The van der Waals surface area contributed by atoms with E-state index in [9.17, 15) is 5.48 Å². The Morgan fingerprint density at radius 2 is 1.05 bits per heavy atom. The highest BCUT2D eigenvalue weighted by Gasteiger charge is 2.47. The molecule has 0 atom stereocenters. The number of anilines is 3. The van der Waals surface area contributed by atoms with Gasteiger partial charge in [0.15, 0.2) is 0 Å². The number of rotatable bonds is 7. The highest BCUT2D eigenvalue weighted by molar-refractivity contribution is 7.26. The lowest BCUT2D eigenvalue weighted by atomic mass is 9.68. The smallest absolute Gasteiger partial charge is 0.0714 e. The van der Waals surface area contributed by atoms with Crippen molar-refractivity contribution >= 4 is 80.1 Å². The predicted octanol–water partition coefficient (Wildman–Crippen LogP) is 17.6. The van der Waals surface area contributed by atoms with Gasteiger partial charge in [0, 0.05) is 51.6 Å². The fourth-order valence-corrected chi connectivity index (χ4v) is 12.5. The van der Waals surface area contributed by atoms with E-state index in [4.69, 9.17) is 2.74 Å². The van der Waals surface area contributed by atoms with Crippen LogP contribution in [0, 0.1) is 0 Å². The largest absolute Gasteiger partial charge is 0.309 e. The summed E-state index contributed by atoms with van der Waals surface area (Å²) in [6.45, 7) is 0. The minimum absolute atomic E-state index is 0.00609. The van der Waals surface area contributed by atoms with Crippen LogP contribution >= 0.6 is 22.7 Å². The van der Waals surface area contributed by atoms with Crippen molar-refractivity contribution in [1.82, 2.24) is 0 Å². The molecule has 0 saturated carbocycles. The van der Waals surface area contributed by atoms with Gasteiger partial charge in [-0.3, -0.25) is 0 Å². The van der Waals surface area contributed by atoms with E-state index in [1.165, 1.54) is 11.3 Å². The maximum Gasteiger partial charge on any atom is 0.0714 e. The van der Waals surface area contributed by atoms with Crippen LogP contribution in [-0.2, 0) is 5.41 Å². The van der Waals surface area contributed by atoms with Gasteiger partial charge in [0.2, 0.25) is 0 Å². The molecule has 0 aliphatic heterocycles. The number of nitrogens with zero attached hydrogens (tertiary/aromatic N) is 1. The lowest BCUT2D eigenvalue weighted by Gasteiger charge is -2.34. The molecule has 12 aromatic rings. The van der Waals surface area contributed by atoms with Crippen LogP contribution in [0.2, 0.25) is 0 Å². The molecule has 64 heavy (non-hydrogen) atoms. The Balaban J connectivity index is 1.17. The molecule has 1 nitrogen and oxygen atoms in total. The predicted molar refractivity (Wildman–Crippen MR) is 275 cm³/mol. The molecule has 0 saturated heterocycles. The van der Waals surface area contributed by atoms with Crippen LogP contribution in [0.3, 0.4) is 0 Å². The zero-order valence-electron chi connectivity index (χ0n) is 40.3. The van der Waals surface area contributed by atoms with E-state index in [0.29, 0.717) is 31.4 Å². The van der Waals surface area contributed by atoms with Crippen LogP contribution in [-0.4, -0.2) is 0 Å². The van der Waals surface area contributed by atoms with E-state index >= 15 is 0 Å². The van der Waals surface area contributed by atoms with Gasteiger partial charge in [0.05, 0.1) is 25.0 Å². The van der Waals surface area contributed by atoms with E-state index in [1.807, 2.05) is 48.5 Å². The molecule has 0 fully saturated rings. The molecule has 10 aromatic carbocycles. The minimum Gasteiger partial charge on any atom is -0.309 e. The van der Waals surface area contributed by atoms with Gasteiger partial charge >= 0.3 is 0 Å². The highest BCUT2D eigenvalue weighted by Crippen LogP contribution is 2.60. The van der Waals surface area contributed by atoms with E-state index in [2.05, 4.69) is 157 Å². The summed E-state index contributed by atoms with van der Waals surface area (Å²) in [7, 11) is 0. The van der Waals surface area contributed by atoms with Crippen LogP contribution in [0.5, 0.6) is 0 Å². The first kappa shape index (κ1) is 31.3. The second-order valence-electron chi connectivity index (χ2n) is 16.3. The van der Waals surface area contributed by atoms with Crippen molar-refractivity contribution in [2.24, 2.45) is 0 Å². The summed E-state index contributed by atoms with van der Waals surface area (Å²) in [5.41, 5.74) is 10.9. The Hall–Kier alpha value is -7.56. The molecule has 0 spiro atoms. The van der Waals surface area contributed by atoms with E-state index in [-0.39, 0.29) is 36.3 Å². The lowest BCUT2D eigenvalue weighted by molar-refractivity contribution is 0.768. The maximum absolute atomic E-state index is 10.4. The lowest BCUT2D eigenvalue weighted by Crippen LogP contribution is -2.28. The normalized spacial score (nSPS) is 14.1. The van der Waals surface area contributed by atoms with Gasteiger partial charge in [-0.25, -0.2) is 0 Å². The molecule has 2 aromatic heterocycles. The van der Waals surface area contributed by atoms with Crippen LogP contribution < -0.4 is 4.90 Å². The molecule has 0 N–H and O–H groups in total. The first-order valence-corrected chi connectivity index (χ1v) is 23.1. The topological polar surface area (TPSA) is 3.24 Å². The Morgan fingerprint density at radius 1 is 0.406 bits per heavy atom. The van der Waals surface area contributed by atoms with Crippen LogP contribution in [0.15, 0.2) is 236 Å². The summed E-state index contributed by atoms with van der Waals surface area (Å²) in [6.07, 6.45) is 0. The van der Waals surface area contributed by atoms with Crippen molar-refractivity contribution in [2.45, 2.75) is 5.41 Å². The molecule has 1 aliphatic rings. The van der Waals surface area contributed by atoms with Crippen molar-refractivity contribution in [3.8, 4) is 33.4 Å². The monoisotopic (exact) mass is 855 g/mol. The second-order valence-corrected chi connectivity index (χ2v) is 18.4. The molecular formula is C61H39NS2. The standard InChI is InChI=1S/C61H39NS2/c1-4-17-40(18-5-1)41-31-34-45(35-32-41)62(53-28-16-27-52-58(53)49-24-10-13-26-51(49)61(52,43-19-6-2-7-20-43)44-21-8-3-9-22-44)54-38-37-46(60-59(54)50-25-12-15-30-56(50)64-60)42-33-36-48-47-23-11-14-29-55(47)63-57(48)39-42/h1-39H/i12D,15D,25D,30D,37D,38D. The van der Waals surface area contributed by atoms with Crippen LogP contribution in [0.1, 0.15) is 30.5 Å². The summed E-state index contributed by atoms with van der Waals surface area (Å²) in [5, 5.41) is 3.10. The molecule has 1 aliphatic carbocycles. The van der Waals surface area contributed by atoms with Gasteiger partial charge in [-0.1, -0.05) is 194 Å². The summed E-state index contributed by atoms with van der Waals surface area (Å²) < 4.78 is 60.7. The first-order chi connectivity index (χ1) is 34.3. The fourth-order valence-electron chi connectivity index (χ4n) is 10.2. The summed E-state index contributed by atoms with van der Waals surface area (Å²) >= 11 is 2.95. The van der Waals surface area contributed by atoms with Gasteiger partial charge < -0.3 is 4.90 Å². The van der Waals surface area contributed by atoms with Gasteiger partial charge in [0.25, 0.3) is 0 Å². The SMILES string of the molecule is [2H]c1c([2H])c([2H])c2c(sc3c(-c4ccc5c(c4)sc4ccccc45)c([2H])c([2H])c(N(c4ccc(-c5ccccc5)cc4)c4cccc5c4-c4ccccc4C5(c4ccccc4)c4ccccc4)c32)c1[2H]. The van der Waals surface area contributed by atoms with Gasteiger partial charge in [-0.2, -0.15) is 0 Å². The van der Waals surface area contributed by atoms with Crippen molar-refractivity contribution in [3.63, 3.8) is 0 Å². The Kier molecular flexibility index (Phi) is 7.23. The number of fused-ring (bicyclic) bond motifs is 9. The van der Waals surface area contributed by atoms with Crippen molar-refractivity contribution in [2.75, 3.05) is 4.90 Å². The quantitative estimate of drug-likeness (QED) is 0.154. The summed E-state index contributed by atoms with van der Waals surface area (Å²) in [5.74, 6) is 0. The zero-order chi connectivity index (χ0) is 47.4. The molecule has 0 radical (unpaired) electrons. The Bertz CT molecular complexity index is 4030. The number of thiophene rings is 2. The number of hydrogen-bond donors (Lipinski definition) is 0. The van der Waals surface area contributed by atoms with Crippen molar-refractivity contribution in [3.05, 3.63) is 259 Å².